The van der Waals surface area contributed by atoms with Crippen LogP contribution >= 0.6 is 11.6 Å². The van der Waals surface area contributed by atoms with Crippen LogP contribution in [-0.2, 0) is 17.9 Å². The zero-order valence-electron chi connectivity index (χ0n) is 26.1. The van der Waals surface area contributed by atoms with Crippen molar-refractivity contribution in [3.63, 3.8) is 0 Å². The van der Waals surface area contributed by atoms with Crippen molar-refractivity contribution < 1.29 is 18.6 Å². The summed E-state index contributed by atoms with van der Waals surface area (Å²) in [6.45, 7) is 6.32. The third-order valence-corrected chi connectivity index (χ3v) is 8.83. The molecule has 0 spiro atoms. The predicted octanol–water partition coefficient (Wildman–Crippen LogP) is 5.18. The van der Waals surface area contributed by atoms with Gasteiger partial charge in [-0.1, -0.05) is 17.7 Å². The Kier molecular flexibility index (Phi) is 9.58. The minimum absolute atomic E-state index is 0.153. The van der Waals surface area contributed by atoms with Crippen LogP contribution < -0.4 is 14.8 Å². The number of hydrogen-bond donors (Lipinski definition) is 1. The summed E-state index contributed by atoms with van der Waals surface area (Å²) in [7, 11) is 0. The van der Waals surface area contributed by atoms with Crippen molar-refractivity contribution in [1.29, 1.82) is 0 Å². The third-order valence-electron chi connectivity index (χ3n) is 8.52. The van der Waals surface area contributed by atoms with Crippen molar-refractivity contribution in [2.45, 2.75) is 63.9 Å². The van der Waals surface area contributed by atoms with Gasteiger partial charge in [-0.05, 0) is 50.3 Å². The summed E-state index contributed by atoms with van der Waals surface area (Å²) >= 11 is 6.46. The number of benzene rings is 1. The number of nitrogens with one attached hydrogen (secondary N) is 1. The van der Waals surface area contributed by atoms with Crippen LogP contribution in [0.25, 0.3) is 11.1 Å². The van der Waals surface area contributed by atoms with Gasteiger partial charge in [0.25, 0.3) is 5.88 Å². The maximum Gasteiger partial charge on any atom is 0.257 e. The van der Waals surface area contributed by atoms with Crippen molar-refractivity contribution in [3.05, 3.63) is 72.8 Å². The van der Waals surface area contributed by atoms with Crippen LogP contribution in [0.4, 0.5) is 11.6 Å². The Morgan fingerprint density at radius 1 is 1.04 bits per heavy atom. The van der Waals surface area contributed by atoms with Gasteiger partial charge in [0.2, 0.25) is 11.8 Å². The van der Waals surface area contributed by atoms with Gasteiger partial charge in [0.15, 0.2) is 6.61 Å². The molecule has 1 aliphatic carbocycles. The topological polar surface area (TPSA) is 143 Å². The van der Waals surface area contributed by atoms with Crippen LogP contribution in [0.3, 0.4) is 0 Å². The molecule has 14 nitrogen and oxygen atoms in total. The molecule has 1 aliphatic heterocycles. The summed E-state index contributed by atoms with van der Waals surface area (Å²) in [4.78, 5) is 19.9. The number of hydrogen-bond acceptors (Lipinski definition) is 12. The average Bonchev–Trinajstić information content (AvgIpc) is 3.89. The molecule has 1 aromatic carbocycles. The van der Waals surface area contributed by atoms with Gasteiger partial charge in [-0.3, -0.25) is 9.58 Å². The summed E-state index contributed by atoms with van der Waals surface area (Å²) in [6, 6.07) is 6.48. The van der Waals surface area contributed by atoms with Crippen LogP contribution in [0.2, 0.25) is 5.02 Å². The Labute approximate surface area is 277 Å². The van der Waals surface area contributed by atoms with E-state index in [2.05, 4.69) is 35.3 Å². The fourth-order valence-electron chi connectivity index (χ4n) is 6.12. The maximum atomic E-state index is 6.46. The van der Waals surface area contributed by atoms with E-state index in [-0.39, 0.29) is 18.8 Å². The summed E-state index contributed by atoms with van der Waals surface area (Å²) in [5.74, 6) is 1.89. The van der Waals surface area contributed by atoms with Gasteiger partial charge in [-0.25, -0.2) is 24.6 Å². The quantitative estimate of drug-likeness (QED) is 0.188. The Morgan fingerprint density at radius 2 is 1.85 bits per heavy atom. The molecule has 7 rings (SSSR count). The largest absolute Gasteiger partial charge is 0.487 e. The number of oxazole rings is 1. The highest BCUT2D eigenvalue weighted by atomic mass is 35.5. The molecule has 1 N–H and O–H groups in total. The van der Waals surface area contributed by atoms with E-state index in [9.17, 15) is 0 Å². The Bertz CT molecular complexity index is 1700. The lowest BCUT2D eigenvalue weighted by molar-refractivity contribution is 0.00502. The van der Waals surface area contributed by atoms with E-state index in [4.69, 9.17) is 35.3 Å². The highest BCUT2D eigenvalue weighted by Gasteiger charge is 2.29. The molecule has 1 saturated carbocycles. The smallest absolute Gasteiger partial charge is 0.257 e. The van der Waals surface area contributed by atoms with E-state index in [1.165, 1.54) is 12.6 Å². The number of ether oxygens (including phenoxy) is 3. The zero-order valence-corrected chi connectivity index (χ0v) is 26.9. The van der Waals surface area contributed by atoms with Crippen LogP contribution in [0.15, 0.2) is 66.3 Å². The number of nitrogens with zero attached hydrogens (tertiary/aromatic N) is 9. The van der Waals surface area contributed by atoms with Gasteiger partial charge in [-0.2, -0.15) is 5.10 Å². The van der Waals surface area contributed by atoms with Crippen molar-refractivity contribution >= 4 is 23.2 Å². The highest BCUT2D eigenvalue weighted by molar-refractivity contribution is 6.32. The van der Waals surface area contributed by atoms with Crippen LogP contribution in [0.1, 0.15) is 44.5 Å². The minimum atomic E-state index is -0.173. The second kappa shape index (κ2) is 14.5. The number of halogens is 1. The highest BCUT2D eigenvalue weighted by Crippen LogP contribution is 2.35. The average molecular weight is 661 g/mol. The third kappa shape index (κ3) is 7.72. The molecule has 4 aromatic heterocycles. The molecular formula is C32H37ClN10O4. The predicted molar refractivity (Wildman–Crippen MR) is 173 cm³/mol. The van der Waals surface area contributed by atoms with Gasteiger partial charge < -0.3 is 23.9 Å². The SMILES string of the molecule is C[C@@H](Cn1cncn1)Oc1cc(-c2cnc(Nc3cn([C@H]4CC[C@H](N5CCOCC5)CC4)nc3OCc3ncco3)nc2)ccc1Cl. The van der Waals surface area contributed by atoms with Crippen molar-refractivity contribution in [2.75, 3.05) is 31.6 Å². The Hall–Kier alpha value is -4.53. The molecule has 2 aliphatic rings. The second-order valence-corrected chi connectivity index (χ2v) is 12.2. The molecule has 0 amide bonds. The fourth-order valence-corrected chi connectivity index (χ4v) is 6.28. The molecule has 0 unspecified atom stereocenters. The fraction of sp³-hybridized carbons (Fsp3) is 0.438. The molecule has 47 heavy (non-hydrogen) atoms. The van der Waals surface area contributed by atoms with Crippen molar-refractivity contribution in [1.82, 2.24) is 44.4 Å². The molecule has 15 heteroatoms. The first-order chi connectivity index (χ1) is 23.1. The molecule has 5 aromatic rings. The normalized spacial score (nSPS) is 19.4. The molecule has 0 bridgehead atoms. The van der Waals surface area contributed by atoms with Gasteiger partial charge in [-0.15, -0.1) is 5.10 Å². The van der Waals surface area contributed by atoms with Gasteiger partial charge >= 0.3 is 0 Å². The summed E-state index contributed by atoms with van der Waals surface area (Å²) < 4.78 is 26.8. The van der Waals surface area contributed by atoms with Gasteiger partial charge in [0.05, 0.1) is 43.2 Å². The number of rotatable bonds is 12. The van der Waals surface area contributed by atoms with E-state index in [0.717, 1.165) is 63.1 Å². The summed E-state index contributed by atoms with van der Waals surface area (Å²) in [5, 5.41) is 12.8. The molecule has 246 valence electrons. The number of aromatic nitrogens is 8. The molecule has 1 atom stereocenters. The van der Waals surface area contributed by atoms with E-state index >= 15 is 0 Å². The summed E-state index contributed by atoms with van der Waals surface area (Å²) in [5.41, 5.74) is 2.36. The first kappa shape index (κ1) is 31.1. The van der Waals surface area contributed by atoms with E-state index in [1.54, 1.807) is 35.7 Å². The lowest BCUT2D eigenvalue weighted by Gasteiger charge is -2.38. The van der Waals surface area contributed by atoms with E-state index in [0.29, 0.717) is 46.8 Å². The summed E-state index contributed by atoms with van der Waals surface area (Å²) in [6.07, 6.45) is 15.9. The Balaban J connectivity index is 1.03. The Morgan fingerprint density at radius 3 is 2.60 bits per heavy atom. The number of morpholine rings is 1. The molecule has 0 radical (unpaired) electrons. The second-order valence-electron chi connectivity index (χ2n) is 11.8. The number of anilines is 2. The first-order valence-electron chi connectivity index (χ1n) is 15.9. The van der Waals surface area contributed by atoms with Gasteiger partial charge in [0, 0.05) is 37.1 Å². The van der Waals surface area contributed by atoms with E-state index in [1.807, 2.05) is 29.9 Å². The monoisotopic (exact) mass is 660 g/mol. The zero-order chi connectivity index (χ0) is 32.0. The molecule has 1 saturated heterocycles. The first-order valence-corrected chi connectivity index (χ1v) is 16.3. The van der Waals surface area contributed by atoms with Crippen molar-refractivity contribution in [3.8, 4) is 22.8 Å². The van der Waals surface area contributed by atoms with Crippen LogP contribution in [0, 0.1) is 0 Å². The molecule has 2 fully saturated rings. The standard InChI is InChI=1S/C32H37ClN10O4/c1-22(17-42-21-34-20-38-42)47-29-14-23(2-7-27(29)33)24-15-36-32(37-16-24)39-28-18-43(40-31(28)46-19-30-35-8-11-45-30)26-5-3-25(4-6-26)41-9-12-44-13-10-41/h2,7-8,11,14-16,18,20-22,25-26H,3-6,9-10,12-13,17,19H2,1H3,(H,36,37,39)/t22-,25-,26-/m0/s1. The van der Waals surface area contributed by atoms with Gasteiger partial charge in [0.1, 0.15) is 36.5 Å². The maximum absolute atomic E-state index is 6.46. The van der Waals surface area contributed by atoms with E-state index < -0.39 is 0 Å². The van der Waals surface area contributed by atoms with Crippen LogP contribution in [0.5, 0.6) is 11.6 Å². The van der Waals surface area contributed by atoms with Crippen molar-refractivity contribution in [2.24, 2.45) is 0 Å². The minimum Gasteiger partial charge on any atom is -0.487 e. The van der Waals surface area contributed by atoms with Crippen LogP contribution in [-0.4, -0.2) is 82.8 Å². The lowest BCUT2D eigenvalue weighted by atomic mass is 9.90. The molecular weight excluding hydrogens is 624 g/mol. The lowest BCUT2D eigenvalue weighted by Crippen LogP contribution is -2.45. The molecule has 5 heterocycles.